The minimum atomic E-state index is -1.16. The summed E-state index contributed by atoms with van der Waals surface area (Å²) >= 11 is 0. The number of carbonyl (C=O) groups is 1. The van der Waals surface area contributed by atoms with Crippen molar-refractivity contribution in [3.8, 4) is 5.75 Å². The van der Waals surface area contributed by atoms with Crippen LogP contribution < -0.4 is 4.74 Å². The van der Waals surface area contributed by atoms with E-state index in [0.717, 1.165) is 0 Å². The third-order valence-corrected chi connectivity index (χ3v) is 1.97. The molecule has 0 aliphatic heterocycles. The van der Waals surface area contributed by atoms with Crippen molar-refractivity contribution in [3.05, 3.63) is 42.5 Å². The van der Waals surface area contributed by atoms with Crippen molar-refractivity contribution < 1.29 is 19.4 Å². The Morgan fingerprint density at radius 3 is 2.65 bits per heavy atom. The summed E-state index contributed by atoms with van der Waals surface area (Å²) in [5, 5.41) is 9.38. The zero-order valence-electron chi connectivity index (χ0n) is 9.76. The molecule has 17 heavy (non-hydrogen) atoms. The number of carbonyl (C=O) groups excluding carboxylic acids is 1. The van der Waals surface area contributed by atoms with Gasteiger partial charge in [0.25, 0.3) is 0 Å². The first-order valence-corrected chi connectivity index (χ1v) is 5.32. The molecule has 1 aromatic carbocycles. The van der Waals surface area contributed by atoms with Crippen LogP contribution in [0, 0.1) is 0 Å². The van der Waals surface area contributed by atoms with Gasteiger partial charge in [-0.05, 0) is 19.1 Å². The topological polar surface area (TPSA) is 55.8 Å². The van der Waals surface area contributed by atoms with Gasteiger partial charge in [-0.3, -0.25) is 0 Å². The van der Waals surface area contributed by atoms with Crippen molar-refractivity contribution in [2.45, 2.75) is 19.6 Å². The van der Waals surface area contributed by atoms with E-state index in [9.17, 15) is 9.90 Å². The van der Waals surface area contributed by atoms with Crippen LogP contribution in [0.1, 0.15) is 13.3 Å². The monoisotopic (exact) mass is 236 g/mol. The van der Waals surface area contributed by atoms with Crippen LogP contribution in [0.25, 0.3) is 0 Å². The van der Waals surface area contributed by atoms with Crippen molar-refractivity contribution >= 4 is 5.97 Å². The van der Waals surface area contributed by atoms with E-state index in [0.29, 0.717) is 5.75 Å². The van der Waals surface area contributed by atoms with Crippen molar-refractivity contribution in [2.75, 3.05) is 6.61 Å². The molecule has 4 heteroatoms. The summed E-state index contributed by atoms with van der Waals surface area (Å²) in [6.07, 6.45) is -0.948. The van der Waals surface area contributed by atoms with E-state index in [1.165, 1.54) is 6.92 Å². The number of esters is 1. The molecule has 4 nitrogen and oxygen atoms in total. The van der Waals surface area contributed by atoms with E-state index in [2.05, 4.69) is 11.3 Å². The molecule has 0 aromatic heterocycles. The van der Waals surface area contributed by atoms with Gasteiger partial charge in [-0.1, -0.05) is 24.8 Å². The van der Waals surface area contributed by atoms with E-state index in [-0.39, 0.29) is 18.6 Å². The van der Waals surface area contributed by atoms with Gasteiger partial charge in [0.2, 0.25) is 6.29 Å². The standard InChI is InChI=1S/C13H16O4/c1-10(2)13(15)17-12(14)8-9-16-11-6-4-3-5-7-11/h3-7,12,14H,1,8-9H2,2H3. The first kappa shape index (κ1) is 13.3. The number of ether oxygens (including phenoxy) is 2. The number of benzene rings is 1. The van der Waals surface area contributed by atoms with E-state index in [1.807, 2.05) is 30.3 Å². The molecule has 1 aromatic rings. The molecule has 0 amide bonds. The summed E-state index contributed by atoms with van der Waals surface area (Å²) in [4.78, 5) is 11.1. The highest BCUT2D eigenvalue weighted by atomic mass is 16.6. The van der Waals surface area contributed by atoms with Crippen molar-refractivity contribution in [1.29, 1.82) is 0 Å². The number of aliphatic hydroxyl groups is 1. The number of rotatable bonds is 6. The largest absolute Gasteiger partial charge is 0.493 e. The van der Waals surface area contributed by atoms with Crippen molar-refractivity contribution in [3.63, 3.8) is 0 Å². The molecule has 0 spiro atoms. The molecule has 0 saturated heterocycles. The summed E-state index contributed by atoms with van der Waals surface area (Å²) in [5.41, 5.74) is 0.257. The second-order valence-electron chi connectivity index (χ2n) is 3.59. The lowest BCUT2D eigenvalue weighted by Gasteiger charge is -2.12. The third-order valence-electron chi connectivity index (χ3n) is 1.97. The molecule has 1 rings (SSSR count). The van der Waals surface area contributed by atoms with Gasteiger partial charge in [-0.2, -0.15) is 0 Å². The predicted molar refractivity (Wildman–Crippen MR) is 63.5 cm³/mol. The van der Waals surface area contributed by atoms with Gasteiger partial charge < -0.3 is 14.6 Å². The average Bonchev–Trinajstić information content (AvgIpc) is 2.30. The number of para-hydroxylation sites is 1. The van der Waals surface area contributed by atoms with Crippen LogP contribution in [0.2, 0.25) is 0 Å². The molecule has 0 heterocycles. The van der Waals surface area contributed by atoms with Crippen LogP contribution in [0.3, 0.4) is 0 Å². The minimum absolute atomic E-state index is 0.216. The predicted octanol–water partition coefficient (Wildman–Crippen LogP) is 1.89. The Morgan fingerprint density at radius 2 is 2.06 bits per heavy atom. The van der Waals surface area contributed by atoms with Crippen LogP contribution in [0.4, 0.5) is 0 Å². The highest BCUT2D eigenvalue weighted by Crippen LogP contribution is 2.09. The fourth-order valence-electron chi connectivity index (χ4n) is 1.08. The van der Waals surface area contributed by atoms with Crippen LogP contribution in [0.5, 0.6) is 5.75 Å². The number of hydrogen-bond donors (Lipinski definition) is 1. The summed E-state index contributed by atoms with van der Waals surface area (Å²) in [5.74, 6) is 0.114. The van der Waals surface area contributed by atoms with Crippen LogP contribution in [0.15, 0.2) is 42.5 Å². The summed E-state index contributed by atoms with van der Waals surface area (Å²) in [6, 6.07) is 9.22. The molecule has 1 atom stereocenters. The Balaban J connectivity index is 2.23. The second-order valence-corrected chi connectivity index (χ2v) is 3.59. The van der Waals surface area contributed by atoms with Gasteiger partial charge in [0, 0.05) is 12.0 Å². The Bertz CT molecular complexity index is 372. The molecule has 0 fully saturated rings. The average molecular weight is 236 g/mol. The molecule has 0 aliphatic rings. The van der Waals surface area contributed by atoms with Crippen LogP contribution in [-0.2, 0) is 9.53 Å². The maximum absolute atomic E-state index is 11.1. The van der Waals surface area contributed by atoms with Gasteiger partial charge in [-0.15, -0.1) is 0 Å². The molecule has 0 bridgehead atoms. The molecule has 0 radical (unpaired) electrons. The quantitative estimate of drug-likeness (QED) is 0.465. The van der Waals surface area contributed by atoms with Gasteiger partial charge in [0.05, 0.1) is 6.61 Å². The fourth-order valence-corrected chi connectivity index (χ4v) is 1.08. The lowest BCUT2D eigenvalue weighted by molar-refractivity contribution is -0.164. The van der Waals surface area contributed by atoms with E-state index >= 15 is 0 Å². The summed E-state index contributed by atoms with van der Waals surface area (Å²) in [6.45, 7) is 5.21. The van der Waals surface area contributed by atoms with Crippen molar-refractivity contribution in [1.82, 2.24) is 0 Å². The summed E-state index contributed by atoms with van der Waals surface area (Å²) < 4.78 is 10.0. The first-order valence-electron chi connectivity index (χ1n) is 5.32. The molecular weight excluding hydrogens is 220 g/mol. The second kappa shape index (κ2) is 6.70. The number of hydrogen-bond acceptors (Lipinski definition) is 4. The SMILES string of the molecule is C=C(C)C(=O)OC(O)CCOc1ccccc1. The lowest BCUT2D eigenvalue weighted by atomic mass is 10.3. The Morgan fingerprint density at radius 1 is 1.41 bits per heavy atom. The normalized spacial score (nSPS) is 11.6. The Labute approximate surface area is 100 Å². The van der Waals surface area contributed by atoms with Gasteiger partial charge in [0.1, 0.15) is 5.75 Å². The lowest BCUT2D eigenvalue weighted by Crippen LogP contribution is -2.20. The van der Waals surface area contributed by atoms with E-state index in [1.54, 1.807) is 0 Å². The number of aliphatic hydroxyl groups excluding tert-OH is 1. The van der Waals surface area contributed by atoms with Crippen molar-refractivity contribution in [2.24, 2.45) is 0 Å². The van der Waals surface area contributed by atoms with Crippen LogP contribution >= 0.6 is 0 Å². The fraction of sp³-hybridized carbons (Fsp3) is 0.308. The van der Waals surface area contributed by atoms with Crippen LogP contribution in [-0.4, -0.2) is 24.0 Å². The summed E-state index contributed by atoms with van der Waals surface area (Å²) in [7, 11) is 0. The van der Waals surface area contributed by atoms with Gasteiger partial charge in [0.15, 0.2) is 0 Å². The highest BCUT2D eigenvalue weighted by molar-refractivity contribution is 5.86. The van der Waals surface area contributed by atoms with E-state index in [4.69, 9.17) is 4.74 Å². The Hall–Kier alpha value is -1.81. The van der Waals surface area contributed by atoms with E-state index < -0.39 is 12.3 Å². The molecule has 1 unspecified atom stereocenters. The zero-order valence-corrected chi connectivity index (χ0v) is 9.76. The zero-order chi connectivity index (χ0) is 12.7. The molecular formula is C13H16O4. The maximum Gasteiger partial charge on any atom is 0.335 e. The maximum atomic E-state index is 11.1. The smallest absolute Gasteiger partial charge is 0.335 e. The highest BCUT2D eigenvalue weighted by Gasteiger charge is 2.11. The first-order chi connectivity index (χ1) is 8.09. The van der Waals surface area contributed by atoms with Gasteiger partial charge >= 0.3 is 5.97 Å². The molecule has 0 saturated carbocycles. The third kappa shape index (κ3) is 5.17. The minimum Gasteiger partial charge on any atom is -0.493 e. The molecule has 92 valence electrons. The molecule has 0 aliphatic carbocycles. The Kier molecular flexibility index (Phi) is 5.23. The van der Waals surface area contributed by atoms with Gasteiger partial charge in [-0.25, -0.2) is 4.79 Å². The molecule has 1 N–H and O–H groups in total.